The van der Waals surface area contributed by atoms with E-state index >= 15 is 0 Å². The molecule has 1 aromatic heterocycles. The standard InChI is InChI=1S/C15H16N2O3/c18-14(19)15(4-5-20-10-15)7-11-2-1-3-12(6-11)13-8-16-17-9-13/h1-3,6,8-9H,4-5,7,10H2,(H,16,17)(H,18,19). The van der Waals surface area contributed by atoms with E-state index in [0.29, 0.717) is 19.4 Å². The molecule has 20 heavy (non-hydrogen) atoms. The van der Waals surface area contributed by atoms with E-state index in [2.05, 4.69) is 10.2 Å². The van der Waals surface area contributed by atoms with Crippen molar-refractivity contribution in [3.63, 3.8) is 0 Å². The number of hydrogen-bond acceptors (Lipinski definition) is 3. The maximum Gasteiger partial charge on any atom is 0.312 e. The van der Waals surface area contributed by atoms with Gasteiger partial charge in [-0.1, -0.05) is 24.3 Å². The SMILES string of the molecule is O=C(O)C1(Cc2cccc(-c3cn[nH]c3)c2)CCOC1. The molecule has 0 radical (unpaired) electrons. The van der Waals surface area contributed by atoms with Gasteiger partial charge in [-0.15, -0.1) is 0 Å². The molecule has 1 aromatic carbocycles. The fourth-order valence-corrected chi connectivity index (χ4v) is 2.65. The third-order valence-corrected chi connectivity index (χ3v) is 3.86. The van der Waals surface area contributed by atoms with Gasteiger partial charge >= 0.3 is 5.97 Å². The molecule has 2 N–H and O–H groups in total. The minimum atomic E-state index is -0.783. The first-order chi connectivity index (χ1) is 9.70. The average molecular weight is 272 g/mol. The molecule has 1 aliphatic heterocycles. The molecule has 1 atom stereocenters. The highest BCUT2D eigenvalue weighted by atomic mass is 16.5. The second-order valence-electron chi connectivity index (χ2n) is 5.25. The fraction of sp³-hybridized carbons (Fsp3) is 0.333. The number of carbonyl (C=O) groups is 1. The lowest BCUT2D eigenvalue weighted by Crippen LogP contribution is -2.33. The van der Waals surface area contributed by atoms with Crippen LogP contribution in [-0.2, 0) is 16.0 Å². The summed E-state index contributed by atoms with van der Waals surface area (Å²) in [6.45, 7) is 0.812. The minimum Gasteiger partial charge on any atom is -0.481 e. The molecule has 2 aromatic rings. The quantitative estimate of drug-likeness (QED) is 0.893. The number of hydrogen-bond donors (Lipinski definition) is 2. The Morgan fingerprint density at radius 1 is 1.45 bits per heavy atom. The van der Waals surface area contributed by atoms with Gasteiger partial charge in [0.2, 0.25) is 0 Å². The number of H-pyrrole nitrogens is 1. The number of benzene rings is 1. The predicted molar refractivity (Wildman–Crippen MR) is 73.2 cm³/mol. The molecule has 1 aliphatic rings. The first kappa shape index (κ1) is 12.9. The molecule has 0 spiro atoms. The number of carboxylic acids is 1. The lowest BCUT2D eigenvalue weighted by molar-refractivity contribution is -0.148. The summed E-state index contributed by atoms with van der Waals surface area (Å²) in [5.41, 5.74) is 2.26. The highest BCUT2D eigenvalue weighted by Crippen LogP contribution is 2.34. The van der Waals surface area contributed by atoms with Crippen LogP contribution in [0.2, 0.25) is 0 Å². The molecule has 0 aliphatic carbocycles. The summed E-state index contributed by atoms with van der Waals surface area (Å²) >= 11 is 0. The van der Waals surface area contributed by atoms with E-state index in [1.807, 2.05) is 30.5 Å². The van der Waals surface area contributed by atoms with Crippen LogP contribution in [0, 0.1) is 5.41 Å². The van der Waals surface area contributed by atoms with Gasteiger partial charge in [0.05, 0.1) is 18.2 Å². The number of aromatic amines is 1. The van der Waals surface area contributed by atoms with Crippen LogP contribution in [-0.4, -0.2) is 34.5 Å². The second-order valence-corrected chi connectivity index (χ2v) is 5.25. The summed E-state index contributed by atoms with van der Waals surface area (Å²) in [7, 11) is 0. The molecule has 5 heteroatoms. The van der Waals surface area contributed by atoms with Gasteiger partial charge in [0.25, 0.3) is 0 Å². The molecule has 5 nitrogen and oxygen atoms in total. The zero-order valence-electron chi connectivity index (χ0n) is 11.0. The number of carboxylic acid groups (broad SMARTS) is 1. The van der Waals surface area contributed by atoms with Crippen LogP contribution in [0.3, 0.4) is 0 Å². The molecule has 104 valence electrons. The van der Waals surface area contributed by atoms with E-state index in [0.717, 1.165) is 16.7 Å². The molecule has 1 saturated heterocycles. The fourth-order valence-electron chi connectivity index (χ4n) is 2.65. The van der Waals surface area contributed by atoms with Crippen LogP contribution in [0.4, 0.5) is 0 Å². The zero-order chi connectivity index (χ0) is 14.0. The molecule has 0 bridgehead atoms. The van der Waals surface area contributed by atoms with Crippen LogP contribution in [0.25, 0.3) is 11.1 Å². The van der Waals surface area contributed by atoms with Crippen LogP contribution < -0.4 is 0 Å². The van der Waals surface area contributed by atoms with E-state index in [-0.39, 0.29) is 6.61 Å². The molecule has 1 unspecified atom stereocenters. The van der Waals surface area contributed by atoms with Crippen molar-refractivity contribution >= 4 is 5.97 Å². The maximum atomic E-state index is 11.5. The van der Waals surface area contributed by atoms with Crippen molar-refractivity contribution < 1.29 is 14.6 Å². The van der Waals surface area contributed by atoms with Crippen molar-refractivity contribution in [2.75, 3.05) is 13.2 Å². The van der Waals surface area contributed by atoms with Crippen LogP contribution in [0.1, 0.15) is 12.0 Å². The van der Waals surface area contributed by atoms with Gasteiger partial charge in [-0.3, -0.25) is 9.89 Å². The third kappa shape index (κ3) is 2.32. The highest BCUT2D eigenvalue weighted by Gasteiger charge is 2.42. The smallest absolute Gasteiger partial charge is 0.312 e. The van der Waals surface area contributed by atoms with E-state index in [1.165, 1.54) is 0 Å². The largest absolute Gasteiger partial charge is 0.481 e. The maximum absolute atomic E-state index is 11.5. The summed E-state index contributed by atoms with van der Waals surface area (Å²) in [4.78, 5) is 11.5. The summed E-state index contributed by atoms with van der Waals surface area (Å²) in [6.07, 6.45) is 4.64. The van der Waals surface area contributed by atoms with Gasteiger partial charge in [0.15, 0.2) is 0 Å². The van der Waals surface area contributed by atoms with E-state index in [9.17, 15) is 9.90 Å². The number of aliphatic carboxylic acids is 1. The Morgan fingerprint density at radius 3 is 3.00 bits per heavy atom. The summed E-state index contributed by atoms with van der Waals surface area (Å²) in [5, 5.41) is 16.2. The Bertz CT molecular complexity index is 601. The highest BCUT2D eigenvalue weighted by molar-refractivity contribution is 5.76. The second kappa shape index (κ2) is 5.09. The molecule has 2 heterocycles. The Kier molecular flexibility index (Phi) is 3.28. The van der Waals surface area contributed by atoms with Crippen molar-refractivity contribution in [3.8, 4) is 11.1 Å². The van der Waals surface area contributed by atoms with E-state index in [4.69, 9.17) is 4.74 Å². The van der Waals surface area contributed by atoms with Crippen LogP contribution in [0.15, 0.2) is 36.7 Å². The Balaban J connectivity index is 1.87. The van der Waals surface area contributed by atoms with Gasteiger partial charge in [-0.05, 0) is 24.0 Å². The first-order valence-electron chi connectivity index (χ1n) is 6.59. The van der Waals surface area contributed by atoms with Crippen molar-refractivity contribution in [2.45, 2.75) is 12.8 Å². The third-order valence-electron chi connectivity index (χ3n) is 3.86. The number of nitrogens with zero attached hydrogens (tertiary/aromatic N) is 1. The van der Waals surface area contributed by atoms with Gasteiger partial charge in [-0.25, -0.2) is 0 Å². The first-order valence-corrected chi connectivity index (χ1v) is 6.59. The topological polar surface area (TPSA) is 75.2 Å². The lowest BCUT2D eigenvalue weighted by atomic mass is 9.80. The Hall–Kier alpha value is -2.14. The minimum absolute atomic E-state index is 0.290. The molecule has 0 amide bonds. The van der Waals surface area contributed by atoms with Crippen LogP contribution in [0.5, 0.6) is 0 Å². The van der Waals surface area contributed by atoms with Gasteiger partial charge in [-0.2, -0.15) is 5.10 Å². The van der Waals surface area contributed by atoms with Crippen molar-refractivity contribution in [1.82, 2.24) is 10.2 Å². The molecule has 1 fully saturated rings. The van der Waals surface area contributed by atoms with Gasteiger partial charge in [0.1, 0.15) is 0 Å². The number of nitrogens with one attached hydrogen (secondary N) is 1. The van der Waals surface area contributed by atoms with Crippen LogP contribution >= 0.6 is 0 Å². The predicted octanol–water partition coefficient (Wildman–Crippen LogP) is 2.11. The molecule has 3 rings (SSSR count). The number of ether oxygens (including phenoxy) is 1. The Labute approximate surface area is 116 Å². The number of aromatic nitrogens is 2. The number of rotatable bonds is 4. The van der Waals surface area contributed by atoms with Gasteiger partial charge < -0.3 is 9.84 Å². The zero-order valence-corrected chi connectivity index (χ0v) is 11.0. The van der Waals surface area contributed by atoms with Crippen molar-refractivity contribution in [1.29, 1.82) is 0 Å². The Morgan fingerprint density at radius 2 is 2.35 bits per heavy atom. The summed E-state index contributed by atoms with van der Waals surface area (Å²) < 4.78 is 5.30. The molecule has 0 saturated carbocycles. The van der Waals surface area contributed by atoms with Crippen molar-refractivity contribution in [2.24, 2.45) is 5.41 Å². The van der Waals surface area contributed by atoms with Crippen molar-refractivity contribution in [3.05, 3.63) is 42.2 Å². The monoisotopic (exact) mass is 272 g/mol. The average Bonchev–Trinajstić information content (AvgIpc) is 3.10. The van der Waals surface area contributed by atoms with E-state index < -0.39 is 11.4 Å². The summed E-state index contributed by atoms with van der Waals surface area (Å²) in [6, 6.07) is 7.93. The van der Waals surface area contributed by atoms with Gasteiger partial charge in [0, 0.05) is 18.4 Å². The molecular formula is C15H16N2O3. The van der Waals surface area contributed by atoms with E-state index in [1.54, 1.807) is 6.20 Å². The summed E-state index contributed by atoms with van der Waals surface area (Å²) in [5.74, 6) is -0.774. The lowest BCUT2D eigenvalue weighted by Gasteiger charge is -2.22. The molecular weight excluding hydrogens is 256 g/mol. The normalized spacial score (nSPS) is 22.0.